The highest BCUT2D eigenvalue weighted by atomic mass is 35.5. The van der Waals surface area contributed by atoms with Gasteiger partial charge in [-0.1, -0.05) is 0 Å². The third-order valence-corrected chi connectivity index (χ3v) is 3.55. The van der Waals surface area contributed by atoms with Gasteiger partial charge in [-0.3, -0.25) is 4.79 Å². The number of alkyl halides is 2. The van der Waals surface area contributed by atoms with E-state index in [-0.39, 0.29) is 29.6 Å². The molecule has 1 N–H and O–H groups in total. The second kappa shape index (κ2) is 4.84. The van der Waals surface area contributed by atoms with Crippen molar-refractivity contribution in [3.63, 3.8) is 0 Å². The highest BCUT2D eigenvalue weighted by Gasteiger charge is 2.59. The standard InChI is InChI=1S/C10H16F2N2O.ClH/c1-14(5-8(11)12)9(15)7-4-10(7)2-3-13-6-10;/h7-8,13H,2-6H2,1H3;1H. The van der Waals surface area contributed by atoms with E-state index in [0.717, 1.165) is 25.9 Å². The van der Waals surface area contributed by atoms with Crippen LogP contribution in [-0.2, 0) is 4.79 Å². The van der Waals surface area contributed by atoms with Crippen LogP contribution in [0.15, 0.2) is 0 Å². The summed E-state index contributed by atoms with van der Waals surface area (Å²) in [7, 11) is 1.46. The van der Waals surface area contributed by atoms with Crippen LogP contribution in [0, 0.1) is 11.3 Å². The highest BCUT2D eigenvalue weighted by Crippen LogP contribution is 2.57. The normalized spacial score (nSPS) is 31.6. The summed E-state index contributed by atoms with van der Waals surface area (Å²) in [5.41, 5.74) is 0.105. The second-order valence-corrected chi connectivity index (χ2v) is 4.66. The van der Waals surface area contributed by atoms with Gasteiger partial charge >= 0.3 is 0 Å². The van der Waals surface area contributed by atoms with E-state index in [4.69, 9.17) is 0 Å². The first kappa shape index (κ1) is 13.6. The molecule has 16 heavy (non-hydrogen) atoms. The van der Waals surface area contributed by atoms with Gasteiger partial charge in [0.2, 0.25) is 5.91 Å². The topological polar surface area (TPSA) is 32.3 Å². The molecule has 1 spiro atoms. The van der Waals surface area contributed by atoms with Crippen LogP contribution in [0.1, 0.15) is 12.8 Å². The number of carbonyl (C=O) groups is 1. The minimum atomic E-state index is -2.43. The van der Waals surface area contributed by atoms with Crippen molar-refractivity contribution in [1.82, 2.24) is 10.2 Å². The molecule has 2 aliphatic rings. The Labute approximate surface area is 100.0 Å². The molecule has 1 amide bonds. The molecule has 1 saturated carbocycles. The van der Waals surface area contributed by atoms with Gasteiger partial charge in [0.25, 0.3) is 6.43 Å². The number of hydrogen-bond acceptors (Lipinski definition) is 2. The summed E-state index contributed by atoms with van der Waals surface area (Å²) in [5, 5.41) is 3.22. The Bertz CT molecular complexity index is 270. The summed E-state index contributed by atoms with van der Waals surface area (Å²) in [4.78, 5) is 12.9. The molecule has 2 atom stereocenters. The lowest BCUT2D eigenvalue weighted by Gasteiger charge is -2.17. The molecule has 2 fully saturated rings. The summed E-state index contributed by atoms with van der Waals surface area (Å²) in [6.45, 7) is 1.37. The summed E-state index contributed by atoms with van der Waals surface area (Å²) in [6, 6.07) is 0. The Kier molecular flexibility index (Phi) is 4.12. The predicted molar refractivity (Wildman–Crippen MR) is 58.9 cm³/mol. The third-order valence-electron chi connectivity index (χ3n) is 3.55. The van der Waals surface area contributed by atoms with Gasteiger partial charge in [0.1, 0.15) is 0 Å². The molecule has 6 heteroatoms. The lowest BCUT2D eigenvalue weighted by atomic mass is 10.0. The zero-order valence-corrected chi connectivity index (χ0v) is 10.0. The van der Waals surface area contributed by atoms with Gasteiger partial charge in [0.15, 0.2) is 0 Å². The predicted octanol–water partition coefficient (Wildman–Crippen LogP) is 1.13. The fraction of sp³-hybridized carbons (Fsp3) is 0.900. The summed E-state index contributed by atoms with van der Waals surface area (Å²) in [6.07, 6.45) is -0.562. The Morgan fingerprint density at radius 3 is 2.81 bits per heavy atom. The summed E-state index contributed by atoms with van der Waals surface area (Å²) < 4.78 is 24.2. The van der Waals surface area contributed by atoms with Gasteiger partial charge in [-0.05, 0) is 24.8 Å². The van der Waals surface area contributed by atoms with Crippen molar-refractivity contribution in [2.24, 2.45) is 11.3 Å². The molecule has 0 aromatic carbocycles. The van der Waals surface area contributed by atoms with E-state index >= 15 is 0 Å². The van der Waals surface area contributed by atoms with Crippen molar-refractivity contribution in [1.29, 1.82) is 0 Å². The summed E-state index contributed by atoms with van der Waals surface area (Å²) in [5.74, 6) is -0.129. The minimum Gasteiger partial charge on any atom is -0.340 e. The molecular formula is C10H17ClF2N2O. The minimum absolute atomic E-state index is 0. The lowest BCUT2D eigenvalue weighted by Crippen LogP contribution is -2.34. The molecular weight excluding hydrogens is 238 g/mol. The molecule has 1 saturated heterocycles. The van der Waals surface area contributed by atoms with Gasteiger partial charge in [-0.25, -0.2) is 8.78 Å². The Hall–Kier alpha value is -0.420. The van der Waals surface area contributed by atoms with Gasteiger partial charge in [-0.2, -0.15) is 0 Å². The van der Waals surface area contributed by atoms with Crippen molar-refractivity contribution < 1.29 is 13.6 Å². The van der Waals surface area contributed by atoms with E-state index < -0.39 is 13.0 Å². The molecule has 0 radical (unpaired) electrons. The molecule has 1 aliphatic heterocycles. The van der Waals surface area contributed by atoms with Gasteiger partial charge in [0, 0.05) is 19.5 Å². The number of nitrogens with one attached hydrogen (secondary N) is 1. The average molecular weight is 255 g/mol. The number of carbonyl (C=O) groups excluding carboxylic acids is 1. The largest absolute Gasteiger partial charge is 0.340 e. The first-order valence-corrected chi connectivity index (χ1v) is 5.29. The number of halogens is 3. The number of nitrogens with zero attached hydrogens (tertiary/aromatic N) is 1. The van der Waals surface area contributed by atoms with Crippen LogP contribution in [-0.4, -0.2) is 43.9 Å². The van der Waals surface area contributed by atoms with Crippen molar-refractivity contribution in [3.05, 3.63) is 0 Å². The lowest BCUT2D eigenvalue weighted by molar-refractivity contribution is -0.133. The van der Waals surface area contributed by atoms with E-state index in [1.54, 1.807) is 0 Å². The molecule has 1 heterocycles. The molecule has 0 aromatic heterocycles. The van der Waals surface area contributed by atoms with Gasteiger partial charge < -0.3 is 10.2 Å². The smallest absolute Gasteiger partial charge is 0.255 e. The third kappa shape index (κ3) is 2.46. The molecule has 2 unspecified atom stereocenters. The number of amides is 1. The molecule has 2 rings (SSSR count). The van der Waals surface area contributed by atoms with E-state index in [9.17, 15) is 13.6 Å². The highest BCUT2D eigenvalue weighted by molar-refractivity contribution is 5.85. The van der Waals surface area contributed by atoms with E-state index in [2.05, 4.69) is 5.32 Å². The fourth-order valence-electron chi connectivity index (χ4n) is 2.49. The van der Waals surface area contributed by atoms with Gasteiger partial charge in [-0.15, -0.1) is 12.4 Å². The monoisotopic (exact) mass is 254 g/mol. The first-order chi connectivity index (χ1) is 7.05. The van der Waals surface area contributed by atoms with Crippen LogP contribution < -0.4 is 5.32 Å². The maximum atomic E-state index is 12.1. The van der Waals surface area contributed by atoms with Crippen LogP contribution in [0.2, 0.25) is 0 Å². The van der Waals surface area contributed by atoms with Crippen LogP contribution in [0.5, 0.6) is 0 Å². The SMILES string of the molecule is CN(CC(F)F)C(=O)C1CC12CCNC2.Cl. The Balaban J connectivity index is 0.00000128. The first-order valence-electron chi connectivity index (χ1n) is 5.29. The molecule has 3 nitrogen and oxygen atoms in total. The van der Waals surface area contributed by atoms with Crippen molar-refractivity contribution in [2.75, 3.05) is 26.7 Å². The maximum absolute atomic E-state index is 12.1. The van der Waals surface area contributed by atoms with Crippen LogP contribution in [0.3, 0.4) is 0 Å². The molecule has 0 bridgehead atoms. The van der Waals surface area contributed by atoms with Crippen LogP contribution >= 0.6 is 12.4 Å². The van der Waals surface area contributed by atoms with Crippen molar-refractivity contribution in [2.45, 2.75) is 19.3 Å². The van der Waals surface area contributed by atoms with E-state index in [0.29, 0.717) is 0 Å². The van der Waals surface area contributed by atoms with Gasteiger partial charge in [0.05, 0.1) is 6.54 Å². The van der Waals surface area contributed by atoms with Crippen LogP contribution in [0.4, 0.5) is 8.78 Å². The zero-order chi connectivity index (χ0) is 11.1. The number of rotatable bonds is 3. The number of hydrogen-bond donors (Lipinski definition) is 1. The molecule has 0 aromatic rings. The van der Waals surface area contributed by atoms with E-state index in [1.165, 1.54) is 11.9 Å². The fourth-order valence-corrected chi connectivity index (χ4v) is 2.49. The quantitative estimate of drug-likeness (QED) is 0.819. The Morgan fingerprint density at radius 2 is 2.31 bits per heavy atom. The summed E-state index contributed by atoms with van der Waals surface area (Å²) >= 11 is 0. The van der Waals surface area contributed by atoms with Crippen molar-refractivity contribution >= 4 is 18.3 Å². The molecule has 1 aliphatic carbocycles. The Morgan fingerprint density at radius 1 is 1.62 bits per heavy atom. The average Bonchev–Trinajstić information content (AvgIpc) is 2.61. The molecule has 94 valence electrons. The van der Waals surface area contributed by atoms with Crippen molar-refractivity contribution in [3.8, 4) is 0 Å². The van der Waals surface area contributed by atoms with Crippen LogP contribution in [0.25, 0.3) is 0 Å². The second-order valence-electron chi connectivity index (χ2n) is 4.66. The van der Waals surface area contributed by atoms with E-state index in [1.807, 2.05) is 0 Å². The maximum Gasteiger partial charge on any atom is 0.255 e. The zero-order valence-electron chi connectivity index (χ0n) is 9.21.